The maximum absolute atomic E-state index is 12.4. The van der Waals surface area contributed by atoms with Crippen LogP contribution in [0.3, 0.4) is 0 Å². The zero-order chi connectivity index (χ0) is 18.6. The van der Waals surface area contributed by atoms with Gasteiger partial charge in [-0.25, -0.2) is 5.48 Å². The number of fused-ring (bicyclic) bond motifs is 1. The van der Waals surface area contributed by atoms with E-state index >= 15 is 0 Å². The molecule has 0 saturated carbocycles. The van der Waals surface area contributed by atoms with Crippen LogP contribution in [0.15, 0.2) is 30.5 Å². The van der Waals surface area contributed by atoms with Crippen LogP contribution in [-0.2, 0) is 20.8 Å². The Labute approximate surface area is 144 Å². The predicted molar refractivity (Wildman–Crippen MR) is 91.4 cm³/mol. The standard InChI is InChI=1S/C17H22N4O4/c1-9(2)14(17(24)21-25)16(23)20-13(15(18)22)7-10-8-19-12-6-4-3-5-11(10)12/h3-6,8-9,13-14,19,25H,7H2,1-2H3,(H2,18,22)(H,20,23)(H,21,24)/t13-,14?/m0/s1. The lowest BCUT2D eigenvalue weighted by Crippen LogP contribution is -2.51. The van der Waals surface area contributed by atoms with E-state index in [1.807, 2.05) is 24.3 Å². The van der Waals surface area contributed by atoms with Gasteiger partial charge in [0, 0.05) is 23.5 Å². The lowest BCUT2D eigenvalue weighted by molar-refractivity contribution is -0.143. The number of para-hydroxylation sites is 1. The van der Waals surface area contributed by atoms with Crippen LogP contribution in [0, 0.1) is 11.8 Å². The molecule has 0 saturated heterocycles. The van der Waals surface area contributed by atoms with E-state index in [4.69, 9.17) is 10.9 Å². The van der Waals surface area contributed by atoms with Crippen LogP contribution in [0.1, 0.15) is 19.4 Å². The minimum atomic E-state index is -1.13. The molecule has 0 aliphatic carbocycles. The Morgan fingerprint density at radius 1 is 1.20 bits per heavy atom. The molecule has 1 aromatic carbocycles. The first-order valence-corrected chi connectivity index (χ1v) is 7.93. The smallest absolute Gasteiger partial charge is 0.256 e. The molecule has 3 amide bonds. The largest absolute Gasteiger partial charge is 0.368 e. The average molecular weight is 346 g/mol. The number of carbonyl (C=O) groups is 3. The molecule has 1 aromatic heterocycles. The fourth-order valence-electron chi connectivity index (χ4n) is 2.80. The molecular weight excluding hydrogens is 324 g/mol. The quantitative estimate of drug-likeness (QED) is 0.282. The number of aromatic amines is 1. The van der Waals surface area contributed by atoms with Crippen molar-refractivity contribution >= 4 is 28.6 Å². The second-order valence-corrected chi connectivity index (χ2v) is 6.22. The summed E-state index contributed by atoms with van der Waals surface area (Å²) < 4.78 is 0. The molecule has 0 aliphatic heterocycles. The van der Waals surface area contributed by atoms with Gasteiger partial charge in [0.15, 0.2) is 0 Å². The fraction of sp³-hybridized carbons (Fsp3) is 0.353. The van der Waals surface area contributed by atoms with Crippen molar-refractivity contribution in [2.75, 3.05) is 0 Å². The van der Waals surface area contributed by atoms with Gasteiger partial charge in [0.1, 0.15) is 12.0 Å². The van der Waals surface area contributed by atoms with Gasteiger partial charge in [-0.05, 0) is 17.5 Å². The Balaban J connectivity index is 2.19. The second-order valence-electron chi connectivity index (χ2n) is 6.22. The Kier molecular flexibility index (Phi) is 5.76. The van der Waals surface area contributed by atoms with Crippen molar-refractivity contribution in [1.82, 2.24) is 15.8 Å². The van der Waals surface area contributed by atoms with Crippen molar-refractivity contribution in [2.24, 2.45) is 17.6 Å². The number of rotatable bonds is 7. The maximum Gasteiger partial charge on any atom is 0.256 e. The van der Waals surface area contributed by atoms with E-state index in [-0.39, 0.29) is 12.3 Å². The number of hydroxylamine groups is 1. The summed E-state index contributed by atoms with van der Waals surface area (Å²) in [7, 11) is 0. The SMILES string of the molecule is CC(C)C(C(=O)NO)C(=O)N[C@@H](Cc1c[nH]c2ccccc12)C(N)=O. The molecule has 1 unspecified atom stereocenters. The first kappa shape index (κ1) is 18.5. The highest BCUT2D eigenvalue weighted by atomic mass is 16.5. The summed E-state index contributed by atoms with van der Waals surface area (Å²) >= 11 is 0. The molecular formula is C17H22N4O4. The van der Waals surface area contributed by atoms with Crippen LogP contribution >= 0.6 is 0 Å². The molecule has 25 heavy (non-hydrogen) atoms. The monoisotopic (exact) mass is 346 g/mol. The van der Waals surface area contributed by atoms with Gasteiger partial charge in [-0.3, -0.25) is 19.6 Å². The van der Waals surface area contributed by atoms with Crippen LogP contribution in [-0.4, -0.2) is 34.0 Å². The van der Waals surface area contributed by atoms with E-state index in [0.29, 0.717) is 0 Å². The van der Waals surface area contributed by atoms with E-state index < -0.39 is 29.7 Å². The van der Waals surface area contributed by atoms with Gasteiger partial charge in [0.2, 0.25) is 11.8 Å². The molecule has 0 fully saturated rings. The Morgan fingerprint density at radius 2 is 1.88 bits per heavy atom. The van der Waals surface area contributed by atoms with Gasteiger partial charge < -0.3 is 16.0 Å². The average Bonchev–Trinajstić information content (AvgIpc) is 2.97. The van der Waals surface area contributed by atoms with Crippen LogP contribution in [0.4, 0.5) is 0 Å². The van der Waals surface area contributed by atoms with Gasteiger partial charge in [0.25, 0.3) is 5.91 Å². The molecule has 134 valence electrons. The van der Waals surface area contributed by atoms with Gasteiger partial charge in [-0.2, -0.15) is 0 Å². The number of H-pyrrole nitrogens is 1. The first-order chi connectivity index (χ1) is 11.8. The molecule has 0 aliphatic rings. The number of nitrogens with two attached hydrogens (primary N) is 1. The maximum atomic E-state index is 12.4. The summed E-state index contributed by atoms with van der Waals surface area (Å²) in [6.07, 6.45) is 1.95. The lowest BCUT2D eigenvalue weighted by atomic mass is 9.93. The van der Waals surface area contributed by atoms with Crippen LogP contribution in [0.2, 0.25) is 0 Å². The highest BCUT2D eigenvalue weighted by molar-refractivity contribution is 6.01. The lowest BCUT2D eigenvalue weighted by Gasteiger charge is -2.21. The second kappa shape index (κ2) is 7.80. The summed E-state index contributed by atoms with van der Waals surface area (Å²) in [5, 5.41) is 12.2. The van der Waals surface area contributed by atoms with Crippen molar-refractivity contribution < 1.29 is 19.6 Å². The van der Waals surface area contributed by atoms with E-state index in [1.54, 1.807) is 20.0 Å². The van der Waals surface area contributed by atoms with Crippen LogP contribution < -0.4 is 16.5 Å². The van der Waals surface area contributed by atoms with Crippen molar-refractivity contribution in [3.05, 3.63) is 36.0 Å². The number of primary amides is 1. The number of hydrogen-bond acceptors (Lipinski definition) is 4. The molecule has 2 aromatic rings. The summed E-state index contributed by atoms with van der Waals surface area (Å²) in [5.41, 5.74) is 8.63. The number of carbonyl (C=O) groups excluding carboxylic acids is 3. The summed E-state index contributed by atoms with van der Waals surface area (Å²) in [6.45, 7) is 3.33. The zero-order valence-electron chi connectivity index (χ0n) is 14.1. The zero-order valence-corrected chi connectivity index (χ0v) is 14.1. The van der Waals surface area contributed by atoms with Gasteiger partial charge >= 0.3 is 0 Å². The number of amides is 3. The molecule has 0 spiro atoms. The van der Waals surface area contributed by atoms with Gasteiger partial charge in [0.05, 0.1) is 0 Å². The molecule has 2 rings (SSSR count). The molecule has 8 heteroatoms. The number of nitrogens with one attached hydrogen (secondary N) is 3. The van der Waals surface area contributed by atoms with Crippen molar-refractivity contribution in [3.8, 4) is 0 Å². The number of aromatic nitrogens is 1. The Morgan fingerprint density at radius 3 is 2.48 bits per heavy atom. The van der Waals surface area contributed by atoms with Crippen molar-refractivity contribution in [2.45, 2.75) is 26.3 Å². The normalized spacial score (nSPS) is 13.4. The summed E-state index contributed by atoms with van der Waals surface area (Å²) in [6, 6.07) is 6.59. The molecule has 6 N–H and O–H groups in total. The summed E-state index contributed by atoms with van der Waals surface area (Å²) in [5.74, 6) is -3.69. The van der Waals surface area contributed by atoms with Crippen LogP contribution in [0.25, 0.3) is 10.9 Å². The van der Waals surface area contributed by atoms with Crippen LogP contribution in [0.5, 0.6) is 0 Å². The molecule has 0 radical (unpaired) electrons. The van der Waals surface area contributed by atoms with Gasteiger partial charge in [-0.1, -0.05) is 32.0 Å². The first-order valence-electron chi connectivity index (χ1n) is 7.93. The molecule has 1 heterocycles. The van der Waals surface area contributed by atoms with Crippen molar-refractivity contribution in [3.63, 3.8) is 0 Å². The third kappa shape index (κ3) is 4.16. The molecule has 8 nitrogen and oxygen atoms in total. The summed E-state index contributed by atoms with van der Waals surface area (Å²) in [4.78, 5) is 39.0. The van der Waals surface area contributed by atoms with E-state index in [0.717, 1.165) is 16.5 Å². The third-order valence-corrected chi connectivity index (χ3v) is 4.10. The predicted octanol–water partition coefficient (Wildman–Crippen LogP) is 0.458. The minimum absolute atomic E-state index is 0.191. The van der Waals surface area contributed by atoms with E-state index in [9.17, 15) is 14.4 Å². The molecule has 2 atom stereocenters. The molecule has 0 bridgehead atoms. The Bertz CT molecular complexity index is 784. The topological polar surface area (TPSA) is 137 Å². The third-order valence-electron chi connectivity index (χ3n) is 4.10. The van der Waals surface area contributed by atoms with Gasteiger partial charge in [-0.15, -0.1) is 0 Å². The van der Waals surface area contributed by atoms with E-state index in [2.05, 4.69) is 10.3 Å². The number of hydrogen-bond donors (Lipinski definition) is 5. The highest BCUT2D eigenvalue weighted by Gasteiger charge is 2.32. The highest BCUT2D eigenvalue weighted by Crippen LogP contribution is 2.19. The number of benzene rings is 1. The van der Waals surface area contributed by atoms with Crippen molar-refractivity contribution in [1.29, 1.82) is 0 Å². The fourth-order valence-corrected chi connectivity index (χ4v) is 2.80. The van der Waals surface area contributed by atoms with E-state index in [1.165, 1.54) is 5.48 Å². The minimum Gasteiger partial charge on any atom is -0.368 e. The Hall–Kier alpha value is -2.87.